The van der Waals surface area contributed by atoms with Gasteiger partial charge in [-0.3, -0.25) is 9.52 Å². The molecule has 0 aliphatic heterocycles. The molecule has 0 aliphatic rings. The number of hydrogen-bond donors (Lipinski definition) is 1. The van der Waals surface area contributed by atoms with Crippen molar-refractivity contribution in [2.24, 2.45) is 0 Å². The second-order valence-corrected chi connectivity index (χ2v) is 3.72. The van der Waals surface area contributed by atoms with Crippen LogP contribution in [0.3, 0.4) is 0 Å². The fourth-order valence-corrected chi connectivity index (χ4v) is 1.33. The molecule has 64 valence electrons. The standard InChI is InChI=1S/C6H11NO3S/c1-3-5-11(9,10)7-6(8)4-2/h3H,1,4-5H2,2H3,(H,7,8). The van der Waals surface area contributed by atoms with Gasteiger partial charge in [-0.05, 0) is 0 Å². The third-order valence-electron chi connectivity index (χ3n) is 0.928. The molecule has 0 bridgehead atoms. The normalized spacial score (nSPS) is 10.6. The summed E-state index contributed by atoms with van der Waals surface area (Å²) in [4.78, 5) is 10.6. The van der Waals surface area contributed by atoms with E-state index in [9.17, 15) is 13.2 Å². The van der Waals surface area contributed by atoms with Crippen LogP contribution in [0, 0.1) is 0 Å². The smallest absolute Gasteiger partial charge is 0.238 e. The first-order chi connectivity index (χ1) is 5.02. The van der Waals surface area contributed by atoms with Crippen molar-refractivity contribution in [3.8, 4) is 0 Å². The third-order valence-corrected chi connectivity index (χ3v) is 2.14. The Hall–Kier alpha value is -0.840. The van der Waals surface area contributed by atoms with Crippen molar-refractivity contribution >= 4 is 15.9 Å². The number of carbonyl (C=O) groups excluding carboxylic acids is 1. The minimum absolute atomic E-state index is 0.163. The fourth-order valence-electron chi connectivity index (χ4n) is 0.442. The van der Waals surface area contributed by atoms with Gasteiger partial charge in [0.1, 0.15) is 0 Å². The molecule has 0 radical (unpaired) electrons. The van der Waals surface area contributed by atoms with E-state index in [0.717, 1.165) is 0 Å². The molecule has 1 amide bonds. The van der Waals surface area contributed by atoms with Crippen LogP contribution in [0.5, 0.6) is 0 Å². The molecule has 0 spiro atoms. The van der Waals surface area contributed by atoms with Gasteiger partial charge in [0.25, 0.3) is 0 Å². The summed E-state index contributed by atoms with van der Waals surface area (Å²) in [5.41, 5.74) is 0. The summed E-state index contributed by atoms with van der Waals surface area (Å²) in [6.07, 6.45) is 1.39. The van der Waals surface area contributed by atoms with E-state index in [4.69, 9.17) is 0 Å². The third kappa shape index (κ3) is 4.55. The Kier molecular flexibility index (Phi) is 3.81. The Morgan fingerprint density at radius 2 is 2.18 bits per heavy atom. The molecule has 0 fully saturated rings. The minimum atomic E-state index is -3.46. The summed E-state index contributed by atoms with van der Waals surface area (Å²) in [5, 5.41) is 0. The van der Waals surface area contributed by atoms with Gasteiger partial charge in [0.2, 0.25) is 15.9 Å². The van der Waals surface area contributed by atoms with Gasteiger partial charge in [-0.2, -0.15) is 0 Å². The van der Waals surface area contributed by atoms with Crippen LogP contribution in [-0.4, -0.2) is 20.1 Å². The van der Waals surface area contributed by atoms with Crippen molar-refractivity contribution in [3.05, 3.63) is 12.7 Å². The lowest BCUT2D eigenvalue weighted by atomic mass is 10.5. The highest BCUT2D eigenvalue weighted by atomic mass is 32.2. The molecule has 1 N–H and O–H groups in total. The van der Waals surface area contributed by atoms with Crippen LogP contribution in [0.1, 0.15) is 13.3 Å². The van der Waals surface area contributed by atoms with Gasteiger partial charge in [0, 0.05) is 6.42 Å². The Balaban J connectivity index is 4.13. The molecule has 0 aliphatic carbocycles. The first-order valence-corrected chi connectivity index (χ1v) is 4.81. The maximum atomic E-state index is 10.8. The molecule has 0 atom stereocenters. The maximum Gasteiger partial charge on any atom is 0.238 e. The molecular weight excluding hydrogens is 166 g/mol. The van der Waals surface area contributed by atoms with E-state index in [0.29, 0.717) is 0 Å². The molecule has 0 aromatic heterocycles. The molecule has 4 nitrogen and oxygen atoms in total. The van der Waals surface area contributed by atoms with Gasteiger partial charge >= 0.3 is 0 Å². The highest BCUT2D eigenvalue weighted by Crippen LogP contribution is 1.86. The number of nitrogens with one attached hydrogen (secondary N) is 1. The van der Waals surface area contributed by atoms with Crippen LogP contribution in [0.2, 0.25) is 0 Å². The summed E-state index contributed by atoms with van der Waals surface area (Å²) in [5.74, 6) is -0.717. The summed E-state index contributed by atoms with van der Waals surface area (Å²) in [6.45, 7) is 4.83. The zero-order valence-corrected chi connectivity index (χ0v) is 7.15. The summed E-state index contributed by atoms with van der Waals surface area (Å²) in [7, 11) is -3.46. The second kappa shape index (κ2) is 4.12. The molecule has 0 aromatic rings. The van der Waals surface area contributed by atoms with Crippen LogP contribution in [0.15, 0.2) is 12.7 Å². The Labute approximate surface area is 66.3 Å². The highest BCUT2D eigenvalue weighted by molar-refractivity contribution is 7.90. The molecule has 5 heteroatoms. The van der Waals surface area contributed by atoms with Crippen molar-refractivity contribution in [2.75, 3.05) is 5.75 Å². The van der Waals surface area contributed by atoms with Crippen LogP contribution in [-0.2, 0) is 14.8 Å². The van der Waals surface area contributed by atoms with Gasteiger partial charge in [-0.15, -0.1) is 6.58 Å². The Morgan fingerprint density at radius 1 is 1.64 bits per heavy atom. The predicted octanol–water partition coefficient (Wildman–Crippen LogP) is 0.0284. The SMILES string of the molecule is C=CCS(=O)(=O)NC(=O)CC. The molecule has 0 saturated carbocycles. The van der Waals surface area contributed by atoms with E-state index in [-0.39, 0.29) is 12.2 Å². The lowest BCUT2D eigenvalue weighted by molar-refractivity contribution is -0.119. The molecule has 11 heavy (non-hydrogen) atoms. The van der Waals surface area contributed by atoms with E-state index in [1.54, 1.807) is 6.92 Å². The topological polar surface area (TPSA) is 63.2 Å². The first kappa shape index (κ1) is 10.2. The van der Waals surface area contributed by atoms with Gasteiger partial charge in [0.05, 0.1) is 5.75 Å². The highest BCUT2D eigenvalue weighted by Gasteiger charge is 2.09. The van der Waals surface area contributed by atoms with Gasteiger partial charge < -0.3 is 0 Å². The monoisotopic (exact) mass is 177 g/mol. The van der Waals surface area contributed by atoms with Crippen molar-refractivity contribution in [3.63, 3.8) is 0 Å². The quantitative estimate of drug-likeness (QED) is 0.616. The zero-order chi connectivity index (χ0) is 8.91. The maximum absolute atomic E-state index is 10.8. The fraction of sp³-hybridized carbons (Fsp3) is 0.500. The van der Waals surface area contributed by atoms with Crippen molar-refractivity contribution in [1.82, 2.24) is 4.72 Å². The zero-order valence-electron chi connectivity index (χ0n) is 6.33. The molecular formula is C6H11NO3S. The number of amides is 1. The van der Waals surface area contributed by atoms with E-state index >= 15 is 0 Å². The summed E-state index contributed by atoms with van der Waals surface area (Å²) in [6, 6.07) is 0. The Bertz CT molecular complexity index is 243. The van der Waals surface area contributed by atoms with E-state index < -0.39 is 15.9 Å². The van der Waals surface area contributed by atoms with Gasteiger partial charge in [-0.1, -0.05) is 13.0 Å². The molecule has 0 heterocycles. The molecule has 0 unspecified atom stereocenters. The average Bonchev–Trinajstić information content (AvgIpc) is 1.86. The van der Waals surface area contributed by atoms with Crippen molar-refractivity contribution in [1.29, 1.82) is 0 Å². The molecule has 0 saturated heterocycles. The van der Waals surface area contributed by atoms with Crippen LogP contribution in [0.4, 0.5) is 0 Å². The molecule has 0 rings (SSSR count). The number of sulfonamides is 1. The largest absolute Gasteiger partial charge is 0.274 e. The average molecular weight is 177 g/mol. The Morgan fingerprint density at radius 3 is 2.55 bits per heavy atom. The first-order valence-electron chi connectivity index (χ1n) is 3.16. The predicted molar refractivity (Wildman–Crippen MR) is 42.4 cm³/mol. The van der Waals surface area contributed by atoms with E-state index in [2.05, 4.69) is 6.58 Å². The van der Waals surface area contributed by atoms with Crippen molar-refractivity contribution < 1.29 is 13.2 Å². The molecule has 0 aromatic carbocycles. The van der Waals surface area contributed by atoms with Crippen LogP contribution >= 0.6 is 0 Å². The van der Waals surface area contributed by atoms with Crippen LogP contribution in [0.25, 0.3) is 0 Å². The summed E-state index contributed by atoms with van der Waals surface area (Å²) < 4.78 is 23.5. The minimum Gasteiger partial charge on any atom is -0.274 e. The van der Waals surface area contributed by atoms with Crippen molar-refractivity contribution in [2.45, 2.75) is 13.3 Å². The lowest BCUT2D eigenvalue weighted by Crippen LogP contribution is -2.31. The number of hydrogen-bond acceptors (Lipinski definition) is 3. The van der Waals surface area contributed by atoms with Gasteiger partial charge in [-0.25, -0.2) is 8.42 Å². The summed E-state index contributed by atoms with van der Waals surface area (Å²) >= 11 is 0. The lowest BCUT2D eigenvalue weighted by Gasteiger charge is -2.01. The van der Waals surface area contributed by atoms with Gasteiger partial charge in [0.15, 0.2) is 0 Å². The van der Waals surface area contributed by atoms with Crippen LogP contribution < -0.4 is 4.72 Å². The number of carbonyl (C=O) groups is 1. The van der Waals surface area contributed by atoms with E-state index in [1.165, 1.54) is 6.08 Å². The van der Waals surface area contributed by atoms with E-state index in [1.807, 2.05) is 4.72 Å². The second-order valence-electron chi connectivity index (χ2n) is 1.95. The number of rotatable bonds is 4.